The number of carbonyl (C=O) groups excluding carboxylic acids is 1. The summed E-state index contributed by atoms with van der Waals surface area (Å²) in [4.78, 5) is 26.9. The molecule has 0 aliphatic heterocycles. The van der Waals surface area contributed by atoms with E-state index in [0.29, 0.717) is 30.7 Å². The largest absolute Gasteiger partial charge is 0.480 e. The van der Waals surface area contributed by atoms with Crippen LogP contribution in [0.4, 0.5) is 0 Å². The number of aliphatic carboxylic acids is 1. The standard InChI is InChI=1S/C42H58N2O4S/c1-6-7-8-9-19-26-41(29-32(4)5,40(48)43-37(39(46)47)27-31(2)3)44-38(49)28-36(45)30-42(33-20-13-10-14-21-33,34-22-15-11-16-23-34)35-24-17-12-18-25-35/h10-18,20-25,31-32,36-37,45H,6-9,19,26-30H2,1-5H3,(H,43,48)(H,44,49)(H,46,47)/t36?,37-,41-/m0/s1. The van der Waals surface area contributed by atoms with E-state index in [1.807, 2.05) is 68.4 Å². The van der Waals surface area contributed by atoms with Crippen LogP contribution in [0.15, 0.2) is 91.0 Å². The van der Waals surface area contributed by atoms with Crippen molar-refractivity contribution in [1.82, 2.24) is 10.6 Å². The zero-order chi connectivity index (χ0) is 35.9. The van der Waals surface area contributed by atoms with Crippen molar-refractivity contribution in [1.29, 1.82) is 0 Å². The Bertz CT molecular complexity index is 1330. The first kappa shape index (κ1) is 39.9. The number of thiocarbonyl (C=S) groups is 1. The van der Waals surface area contributed by atoms with E-state index >= 15 is 0 Å². The van der Waals surface area contributed by atoms with Crippen molar-refractivity contribution < 1.29 is 19.8 Å². The molecular weight excluding hydrogens is 629 g/mol. The fourth-order valence-electron chi connectivity index (χ4n) is 7.17. The Morgan fingerprint density at radius 1 is 0.735 bits per heavy atom. The molecule has 266 valence electrons. The summed E-state index contributed by atoms with van der Waals surface area (Å²) in [6, 6.07) is 29.8. The highest BCUT2D eigenvalue weighted by atomic mass is 32.1. The van der Waals surface area contributed by atoms with Crippen LogP contribution in [-0.4, -0.2) is 44.8 Å². The topological polar surface area (TPSA) is 98.7 Å². The molecule has 0 spiro atoms. The second kappa shape index (κ2) is 19.6. The van der Waals surface area contributed by atoms with Crippen LogP contribution >= 0.6 is 12.2 Å². The van der Waals surface area contributed by atoms with E-state index < -0.39 is 29.1 Å². The Morgan fingerprint density at radius 2 is 1.22 bits per heavy atom. The summed E-state index contributed by atoms with van der Waals surface area (Å²) < 4.78 is 0. The third-order valence-electron chi connectivity index (χ3n) is 9.35. The molecule has 49 heavy (non-hydrogen) atoms. The molecule has 6 nitrogen and oxygen atoms in total. The maximum absolute atomic E-state index is 14.3. The van der Waals surface area contributed by atoms with Crippen LogP contribution in [0.2, 0.25) is 0 Å². The van der Waals surface area contributed by atoms with Gasteiger partial charge in [-0.05, 0) is 54.2 Å². The number of aliphatic hydroxyl groups excluding tert-OH is 1. The SMILES string of the molecule is CCCCCCC[C@@](CC(C)C)(NC(=S)CC(O)CC(c1ccccc1)(c1ccccc1)c1ccccc1)C(=O)N[C@@H](CC(C)C)C(=O)O. The number of amides is 1. The molecule has 1 unspecified atom stereocenters. The highest BCUT2D eigenvalue weighted by Gasteiger charge is 2.42. The molecule has 7 heteroatoms. The van der Waals surface area contributed by atoms with E-state index in [1.54, 1.807) is 0 Å². The summed E-state index contributed by atoms with van der Waals surface area (Å²) in [5.41, 5.74) is 1.44. The quantitative estimate of drug-likeness (QED) is 0.0508. The van der Waals surface area contributed by atoms with Gasteiger partial charge in [-0.3, -0.25) is 4.79 Å². The zero-order valence-corrected chi connectivity index (χ0v) is 31.0. The minimum absolute atomic E-state index is 0.0956. The first-order valence-electron chi connectivity index (χ1n) is 18.1. The monoisotopic (exact) mass is 686 g/mol. The van der Waals surface area contributed by atoms with E-state index in [0.717, 1.165) is 48.8 Å². The number of rotatable bonds is 21. The lowest BCUT2D eigenvalue weighted by atomic mass is 9.66. The van der Waals surface area contributed by atoms with Crippen molar-refractivity contribution in [3.63, 3.8) is 0 Å². The van der Waals surface area contributed by atoms with Gasteiger partial charge in [0.05, 0.1) is 11.1 Å². The molecule has 0 heterocycles. The van der Waals surface area contributed by atoms with Gasteiger partial charge in [0.25, 0.3) is 0 Å². The van der Waals surface area contributed by atoms with Crippen molar-refractivity contribution in [3.8, 4) is 0 Å². The van der Waals surface area contributed by atoms with Crippen molar-refractivity contribution in [2.75, 3.05) is 0 Å². The Morgan fingerprint density at radius 3 is 1.65 bits per heavy atom. The predicted octanol–water partition coefficient (Wildman–Crippen LogP) is 8.84. The summed E-state index contributed by atoms with van der Waals surface area (Å²) in [6.07, 6.45) is 6.10. The predicted molar refractivity (Wildman–Crippen MR) is 205 cm³/mol. The lowest BCUT2D eigenvalue weighted by Crippen LogP contribution is -2.61. The minimum Gasteiger partial charge on any atom is -0.480 e. The molecule has 0 fully saturated rings. The Hall–Kier alpha value is -3.55. The highest BCUT2D eigenvalue weighted by molar-refractivity contribution is 7.80. The van der Waals surface area contributed by atoms with E-state index in [4.69, 9.17) is 12.2 Å². The molecule has 0 radical (unpaired) electrons. The zero-order valence-electron chi connectivity index (χ0n) is 30.2. The number of nitrogens with one attached hydrogen (secondary N) is 2. The van der Waals surface area contributed by atoms with Gasteiger partial charge in [-0.15, -0.1) is 0 Å². The first-order valence-corrected chi connectivity index (χ1v) is 18.5. The first-order chi connectivity index (χ1) is 23.4. The normalized spacial score (nSPS) is 14.2. The number of hydrogen-bond acceptors (Lipinski definition) is 4. The summed E-state index contributed by atoms with van der Waals surface area (Å²) >= 11 is 5.98. The third-order valence-corrected chi connectivity index (χ3v) is 9.62. The number of aliphatic hydroxyl groups is 1. The Balaban J connectivity index is 1.97. The van der Waals surface area contributed by atoms with Crippen molar-refractivity contribution in [2.45, 2.75) is 122 Å². The smallest absolute Gasteiger partial charge is 0.326 e. The number of hydrogen-bond donors (Lipinski definition) is 4. The van der Waals surface area contributed by atoms with Crippen molar-refractivity contribution in [3.05, 3.63) is 108 Å². The van der Waals surface area contributed by atoms with Gasteiger partial charge in [0.1, 0.15) is 11.6 Å². The van der Waals surface area contributed by atoms with Gasteiger partial charge in [-0.25, -0.2) is 4.79 Å². The average molecular weight is 687 g/mol. The molecule has 0 aliphatic rings. The van der Waals surface area contributed by atoms with Crippen LogP contribution in [0.1, 0.15) is 116 Å². The molecule has 0 saturated heterocycles. The van der Waals surface area contributed by atoms with E-state index in [1.165, 1.54) is 0 Å². The molecule has 0 bridgehead atoms. The van der Waals surface area contributed by atoms with Crippen LogP contribution in [0, 0.1) is 11.8 Å². The number of unbranched alkanes of at least 4 members (excludes halogenated alkanes) is 4. The van der Waals surface area contributed by atoms with E-state index in [2.05, 4.69) is 67.8 Å². The molecule has 1 amide bonds. The molecule has 4 N–H and O–H groups in total. The van der Waals surface area contributed by atoms with E-state index in [-0.39, 0.29) is 24.2 Å². The molecule has 3 atom stereocenters. The van der Waals surface area contributed by atoms with Crippen LogP contribution in [0.25, 0.3) is 0 Å². The lowest BCUT2D eigenvalue weighted by Gasteiger charge is -2.39. The van der Waals surface area contributed by atoms with Gasteiger partial charge in [0.2, 0.25) is 5.91 Å². The number of benzene rings is 3. The van der Waals surface area contributed by atoms with Crippen LogP contribution < -0.4 is 10.6 Å². The molecule has 3 rings (SSSR count). The van der Waals surface area contributed by atoms with Gasteiger partial charge < -0.3 is 20.8 Å². The number of carboxylic acids is 1. The fraction of sp³-hybridized carbons (Fsp3) is 0.500. The Labute approximate surface area is 300 Å². The fourth-order valence-corrected chi connectivity index (χ4v) is 7.56. The minimum atomic E-state index is -1.10. The van der Waals surface area contributed by atoms with Gasteiger partial charge in [0, 0.05) is 11.8 Å². The maximum Gasteiger partial charge on any atom is 0.326 e. The van der Waals surface area contributed by atoms with Crippen LogP contribution in [0.5, 0.6) is 0 Å². The second-order valence-electron chi connectivity index (χ2n) is 14.5. The third kappa shape index (κ3) is 11.5. The van der Waals surface area contributed by atoms with E-state index in [9.17, 15) is 19.8 Å². The lowest BCUT2D eigenvalue weighted by molar-refractivity contribution is -0.143. The summed E-state index contributed by atoms with van der Waals surface area (Å²) in [7, 11) is 0. The van der Waals surface area contributed by atoms with Crippen LogP contribution in [-0.2, 0) is 15.0 Å². The second-order valence-corrected chi connectivity index (χ2v) is 14.9. The summed E-state index contributed by atoms with van der Waals surface area (Å²) in [5.74, 6) is -1.15. The maximum atomic E-state index is 14.3. The summed E-state index contributed by atoms with van der Waals surface area (Å²) in [6.45, 7) is 10.2. The van der Waals surface area contributed by atoms with Crippen LogP contribution in [0.3, 0.4) is 0 Å². The van der Waals surface area contributed by atoms with Crippen molar-refractivity contribution in [2.24, 2.45) is 11.8 Å². The molecular formula is C42H58N2O4S. The molecule has 0 aliphatic carbocycles. The number of carboxylic acid groups (broad SMARTS) is 1. The van der Waals surface area contributed by atoms with Crippen molar-refractivity contribution >= 4 is 29.1 Å². The highest BCUT2D eigenvalue weighted by Crippen LogP contribution is 2.43. The Kier molecular flexibility index (Phi) is 15.9. The average Bonchev–Trinajstić information content (AvgIpc) is 3.07. The molecule has 3 aromatic rings. The molecule has 0 aromatic heterocycles. The van der Waals surface area contributed by atoms with Gasteiger partial charge in [0.15, 0.2) is 0 Å². The molecule has 0 saturated carbocycles. The van der Waals surface area contributed by atoms with Gasteiger partial charge in [-0.1, -0.05) is 170 Å². The van der Waals surface area contributed by atoms with Gasteiger partial charge in [-0.2, -0.15) is 0 Å². The number of carbonyl (C=O) groups is 2. The van der Waals surface area contributed by atoms with Gasteiger partial charge >= 0.3 is 5.97 Å². The summed E-state index contributed by atoms with van der Waals surface area (Å²) in [5, 5.41) is 28.3. The molecule has 3 aromatic carbocycles.